The Bertz CT molecular complexity index is 1200. The van der Waals surface area contributed by atoms with E-state index in [1.807, 2.05) is 0 Å². The first-order valence-electron chi connectivity index (χ1n) is 17.7. The molecular formula is C34H59N5O13. The fourth-order valence-corrected chi connectivity index (χ4v) is 5.94. The lowest BCUT2D eigenvalue weighted by Gasteiger charge is -2.47. The number of hydrogen-bond acceptors (Lipinski definition) is 16. The Hall–Kier alpha value is -2.75. The molecule has 0 spiro atoms. The number of carbonyl (C=O) groups is 3. The van der Waals surface area contributed by atoms with E-state index in [-0.39, 0.29) is 37.8 Å². The van der Waals surface area contributed by atoms with Crippen molar-refractivity contribution < 1.29 is 63.2 Å². The third kappa shape index (κ3) is 12.4. The van der Waals surface area contributed by atoms with Gasteiger partial charge in [0.25, 0.3) is 11.8 Å². The molecule has 10 N–H and O–H groups in total. The third-order valence-corrected chi connectivity index (χ3v) is 9.07. The van der Waals surface area contributed by atoms with Crippen molar-refractivity contribution in [2.75, 3.05) is 53.2 Å². The van der Waals surface area contributed by atoms with Gasteiger partial charge in [0, 0.05) is 45.3 Å². The molecule has 0 aromatic heterocycles. The summed E-state index contributed by atoms with van der Waals surface area (Å²) in [5.74, 6) is 4.62. The average Bonchev–Trinajstić information content (AvgIpc) is 3.07. The molecule has 3 saturated heterocycles. The van der Waals surface area contributed by atoms with Gasteiger partial charge in [0.05, 0.1) is 38.2 Å². The number of ketones is 1. The maximum atomic E-state index is 13.4. The summed E-state index contributed by atoms with van der Waals surface area (Å²) in [5, 5.41) is 50.6. The van der Waals surface area contributed by atoms with Crippen molar-refractivity contribution in [3.05, 3.63) is 24.0 Å². The Morgan fingerprint density at radius 2 is 1.56 bits per heavy atom. The van der Waals surface area contributed by atoms with Crippen LogP contribution in [-0.4, -0.2) is 157 Å². The summed E-state index contributed by atoms with van der Waals surface area (Å²) in [5.41, 5.74) is 6.85. The minimum atomic E-state index is -1.79. The van der Waals surface area contributed by atoms with E-state index in [9.17, 15) is 34.8 Å². The zero-order valence-electron chi connectivity index (χ0n) is 30.6. The SMILES string of the molecule is C=C(C)C(=O)CCCCNC(=O)C1OC(C(C)C)C(O)C(O)C1OC1OC(C(=O)NCCCN(N)/C=C(\N)COCC2COC2)C(OC)C(O)C1O. The van der Waals surface area contributed by atoms with Crippen LogP contribution in [0, 0.1) is 11.8 Å². The molecule has 3 heterocycles. The van der Waals surface area contributed by atoms with Crippen LogP contribution in [0.2, 0.25) is 0 Å². The van der Waals surface area contributed by atoms with E-state index < -0.39 is 73.0 Å². The number of carbonyl (C=O) groups excluding carboxylic acids is 3. The standard InChI is InChI=1S/C34H59N5O13/c1-18(2)22(40)9-6-7-10-37-33(46)31-29(24(42)23(41)27(50-31)19(3)4)51-34-26(44)25(43)28(47-5)30(52-34)32(45)38-11-8-12-39(36)13-21(35)17-49-16-20-14-48-15-20/h13,19-20,23-31,34,41-44H,1,6-12,14-17,35-36H2,2-5H3,(H,37,46)(H,38,45)/b21-13-. The van der Waals surface area contributed by atoms with Crippen molar-refractivity contribution >= 4 is 17.6 Å². The number of hydrazine groups is 1. The van der Waals surface area contributed by atoms with Gasteiger partial charge in [-0.05, 0) is 37.7 Å². The van der Waals surface area contributed by atoms with E-state index in [1.165, 1.54) is 18.3 Å². The Kier molecular flexibility index (Phi) is 17.8. The van der Waals surface area contributed by atoms with Crippen LogP contribution in [0.25, 0.3) is 0 Å². The van der Waals surface area contributed by atoms with Crippen LogP contribution in [-0.2, 0) is 42.8 Å². The number of aliphatic hydroxyl groups excluding tert-OH is 4. The molecule has 0 bridgehead atoms. The molecular weight excluding hydrogens is 686 g/mol. The number of Topliss-reactive ketones (excluding diaryl/α,β-unsaturated/α-hetero) is 1. The molecule has 3 aliphatic heterocycles. The smallest absolute Gasteiger partial charge is 0.252 e. The monoisotopic (exact) mass is 745 g/mol. The molecule has 18 heteroatoms. The fraction of sp³-hybridized carbons (Fsp3) is 0.794. The van der Waals surface area contributed by atoms with Crippen molar-refractivity contribution in [1.82, 2.24) is 15.6 Å². The summed E-state index contributed by atoms with van der Waals surface area (Å²) in [6, 6.07) is 0. The van der Waals surface area contributed by atoms with Crippen molar-refractivity contribution in [1.29, 1.82) is 0 Å². The number of nitrogens with one attached hydrogen (secondary N) is 2. The highest BCUT2D eigenvalue weighted by Crippen LogP contribution is 2.32. The maximum Gasteiger partial charge on any atom is 0.252 e. The van der Waals surface area contributed by atoms with Crippen molar-refractivity contribution in [2.45, 2.75) is 108 Å². The second kappa shape index (κ2) is 21.2. The van der Waals surface area contributed by atoms with Crippen molar-refractivity contribution in [2.24, 2.45) is 23.4 Å². The molecule has 3 rings (SSSR count). The number of nitrogens with zero attached hydrogens (tertiary/aromatic N) is 1. The molecule has 298 valence electrons. The lowest BCUT2D eigenvalue weighted by molar-refractivity contribution is -0.333. The zero-order valence-corrected chi connectivity index (χ0v) is 30.6. The number of unbranched alkanes of at least 4 members (excludes halogenated alkanes) is 1. The summed E-state index contributed by atoms with van der Waals surface area (Å²) < 4.78 is 33.6. The lowest BCUT2D eigenvalue weighted by atomic mass is 9.88. The highest BCUT2D eigenvalue weighted by Gasteiger charge is 2.54. The second-order valence-electron chi connectivity index (χ2n) is 13.9. The number of amides is 2. The first-order valence-corrected chi connectivity index (χ1v) is 17.7. The molecule has 0 aromatic carbocycles. The minimum Gasteiger partial charge on any atom is -0.399 e. The first kappa shape index (κ1) is 43.7. The zero-order chi connectivity index (χ0) is 38.5. The summed E-state index contributed by atoms with van der Waals surface area (Å²) in [6.45, 7) is 11.5. The summed E-state index contributed by atoms with van der Waals surface area (Å²) in [4.78, 5) is 38.5. The van der Waals surface area contributed by atoms with Crippen LogP contribution in [0.15, 0.2) is 24.0 Å². The molecule has 0 saturated carbocycles. The quantitative estimate of drug-likeness (QED) is 0.0262. The van der Waals surface area contributed by atoms with E-state index in [0.29, 0.717) is 62.8 Å². The van der Waals surface area contributed by atoms with Gasteiger partial charge in [-0.25, -0.2) is 5.84 Å². The topological polar surface area (TPSA) is 267 Å². The molecule has 0 radical (unpaired) electrons. The molecule has 0 aromatic rings. The number of aliphatic hydroxyl groups is 4. The Balaban J connectivity index is 1.60. The second-order valence-corrected chi connectivity index (χ2v) is 13.9. The average molecular weight is 746 g/mol. The van der Waals surface area contributed by atoms with Crippen LogP contribution in [0.5, 0.6) is 0 Å². The summed E-state index contributed by atoms with van der Waals surface area (Å²) >= 11 is 0. The molecule has 0 aliphatic carbocycles. The van der Waals surface area contributed by atoms with Gasteiger partial charge in [-0.1, -0.05) is 20.4 Å². The normalized spacial score (nSPS) is 31.2. The van der Waals surface area contributed by atoms with Gasteiger partial charge in [0.1, 0.15) is 36.6 Å². The van der Waals surface area contributed by atoms with Crippen molar-refractivity contribution in [3.63, 3.8) is 0 Å². The largest absolute Gasteiger partial charge is 0.399 e. The van der Waals surface area contributed by atoms with E-state index >= 15 is 0 Å². The van der Waals surface area contributed by atoms with Gasteiger partial charge >= 0.3 is 0 Å². The molecule has 3 fully saturated rings. The van der Waals surface area contributed by atoms with Gasteiger partial charge in [0.15, 0.2) is 24.3 Å². The molecule has 52 heavy (non-hydrogen) atoms. The van der Waals surface area contributed by atoms with Crippen LogP contribution in [0.1, 0.15) is 46.5 Å². The van der Waals surface area contributed by atoms with Crippen molar-refractivity contribution in [3.8, 4) is 0 Å². The summed E-state index contributed by atoms with van der Waals surface area (Å²) in [7, 11) is 1.23. The maximum absolute atomic E-state index is 13.4. The highest BCUT2D eigenvalue weighted by molar-refractivity contribution is 5.94. The van der Waals surface area contributed by atoms with Gasteiger partial charge in [-0.15, -0.1) is 0 Å². The third-order valence-electron chi connectivity index (χ3n) is 9.07. The molecule has 3 aliphatic rings. The summed E-state index contributed by atoms with van der Waals surface area (Å²) in [6.07, 6.45) is -12.0. The number of allylic oxidation sites excluding steroid dienone is 1. The molecule has 18 nitrogen and oxygen atoms in total. The van der Waals surface area contributed by atoms with E-state index in [0.717, 1.165) is 0 Å². The van der Waals surface area contributed by atoms with E-state index in [1.54, 1.807) is 20.8 Å². The highest BCUT2D eigenvalue weighted by atomic mass is 16.7. The van der Waals surface area contributed by atoms with Crippen LogP contribution < -0.4 is 22.2 Å². The number of methoxy groups -OCH3 is 1. The molecule has 10 atom stereocenters. The predicted octanol–water partition coefficient (Wildman–Crippen LogP) is -2.44. The number of nitrogens with two attached hydrogens (primary N) is 2. The Morgan fingerprint density at radius 1 is 0.942 bits per heavy atom. The number of ether oxygens (including phenoxy) is 6. The van der Waals surface area contributed by atoms with Crippen LogP contribution in [0.3, 0.4) is 0 Å². The van der Waals surface area contributed by atoms with Gasteiger partial charge < -0.3 is 70.2 Å². The van der Waals surface area contributed by atoms with Crippen LogP contribution >= 0.6 is 0 Å². The van der Waals surface area contributed by atoms with Crippen LogP contribution in [0.4, 0.5) is 0 Å². The number of hydrogen-bond donors (Lipinski definition) is 8. The number of rotatable bonds is 21. The van der Waals surface area contributed by atoms with E-state index in [2.05, 4.69) is 17.2 Å². The van der Waals surface area contributed by atoms with Gasteiger partial charge in [-0.3, -0.25) is 14.4 Å². The lowest BCUT2D eigenvalue weighted by Crippen LogP contribution is -2.67. The Morgan fingerprint density at radius 3 is 2.13 bits per heavy atom. The molecule has 2 amide bonds. The van der Waals surface area contributed by atoms with Gasteiger partial charge in [0.2, 0.25) is 0 Å². The Labute approximate surface area is 304 Å². The molecule has 10 unspecified atom stereocenters. The van der Waals surface area contributed by atoms with Gasteiger partial charge in [-0.2, -0.15) is 0 Å². The fourth-order valence-electron chi connectivity index (χ4n) is 5.94. The first-order chi connectivity index (χ1) is 24.7. The minimum absolute atomic E-state index is 0.0727. The van der Waals surface area contributed by atoms with E-state index in [4.69, 9.17) is 40.0 Å². The predicted molar refractivity (Wildman–Crippen MR) is 184 cm³/mol.